The predicted molar refractivity (Wildman–Crippen MR) is 104 cm³/mol. The zero-order chi connectivity index (χ0) is 19.2. The zero-order valence-corrected chi connectivity index (χ0v) is 16.2. The molecule has 142 valence electrons. The molecular formula is C19H18ClNO5S. The van der Waals surface area contributed by atoms with E-state index in [0.717, 1.165) is 11.3 Å². The average Bonchev–Trinajstić information content (AvgIpc) is 2.92. The van der Waals surface area contributed by atoms with Crippen molar-refractivity contribution in [2.24, 2.45) is 0 Å². The second-order valence-electron chi connectivity index (χ2n) is 5.69. The van der Waals surface area contributed by atoms with Crippen LogP contribution in [0, 0.1) is 0 Å². The minimum Gasteiger partial charge on any atom is -0.489 e. The molecule has 0 saturated carbocycles. The monoisotopic (exact) mass is 407 g/mol. The van der Waals surface area contributed by atoms with E-state index in [4.69, 9.17) is 25.8 Å². The van der Waals surface area contributed by atoms with Crippen LogP contribution >= 0.6 is 23.4 Å². The minimum atomic E-state index is -0.666. The minimum absolute atomic E-state index is 0.196. The highest BCUT2D eigenvalue weighted by Crippen LogP contribution is 2.38. The van der Waals surface area contributed by atoms with E-state index in [2.05, 4.69) is 5.32 Å². The number of hydrogen-bond donors (Lipinski definition) is 1. The fraction of sp³-hybridized carbons (Fsp3) is 0.263. The summed E-state index contributed by atoms with van der Waals surface area (Å²) in [5, 5.41) is 2.96. The first-order chi connectivity index (χ1) is 13.1. The summed E-state index contributed by atoms with van der Waals surface area (Å²) in [5.41, 5.74) is 0.836. The van der Waals surface area contributed by atoms with Crippen LogP contribution in [0.2, 0.25) is 5.02 Å². The van der Waals surface area contributed by atoms with Crippen molar-refractivity contribution in [1.29, 1.82) is 0 Å². The lowest BCUT2D eigenvalue weighted by Gasteiger charge is -2.11. The molecule has 27 heavy (non-hydrogen) atoms. The highest BCUT2D eigenvalue weighted by molar-refractivity contribution is 7.98. The number of benzene rings is 2. The summed E-state index contributed by atoms with van der Waals surface area (Å²) >= 11 is 7.74. The highest BCUT2D eigenvalue weighted by atomic mass is 35.5. The molecule has 1 heterocycles. The van der Waals surface area contributed by atoms with Crippen LogP contribution < -0.4 is 14.8 Å². The summed E-state index contributed by atoms with van der Waals surface area (Å²) in [7, 11) is 0. The third-order valence-corrected chi connectivity index (χ3v) is 4.73. The molecule has 0 fully saturated rings. The number of nitrogens with one attached hydrogen (secondary N) is 1. The lowest BCUT2D eigenvalue weighted by molar-refractivity contribution is -0.119. The van der Waals surface area contributed by atoms with Gasteiger partial charge in [-0.25, -0.2) is 4.79 Å². The van der Waals surface area contributed by atoms with Crippen LogP contribution in [0.4, 0.5) is 5.69 Å². The van der Waals surface area contributed by atoms with Gasteiger partial charge in [0.25, 0.3) is 5.91 Å². The summed E-state index contributed by atoms with van der Waals surface area (Å²) in [5.74, 6) is -0.287. The fourth-order valence-electron chi connectivity index (χ4n) is 2.46. The van der Waals surface area contributed by atoms with Gasteiger partial charge in [-0.2, -0.15) is 0 Å². The number of carbonyl (C=O) groups is 2. The van der Waals surface area contributed by atoms with Crippen LogP contribution in [0.15, 0.2) is 41.3 Å². The number of amides is 1. The molecule has 1 aliphatic rings. The van der Waals surface area contributed by atoms with E-state index in [-0.39, 0.29) is 10.6 Å². The number of carbonyl (C=O) groups excluding carboxylic acids is 2. The van der Waals surface area contributed by atoms with Gasteiger partial charge in [0, 0.05) is 17.0 Å². The SMILES string of the molecule is CSc1cccc(NC(=O)COC(=O)c2cc(Cl)c3c(c2)OCCCO3)c1. The quantitative estimate of drug-likeness (QED) is 0.596. The van der Waals surface area contributed by atoms with Crippen LogP contribution in [0.1, 0.15) is 16.8 Å². The molecule has 2 aromatic carbocycles. The van der Waals surface area contributed by atoms with Crippen molar-refractivity contribution in [3.8, 4) is 11.5 Å². The molecule has 0 saturated heterocycles. The Hall–Kier alpha value is -2.38. The van der Waals surface area contributed by atoms with Gasteiger partial charge in [0.2, 0.25) is 0 Å². The van der Waals surface area contributed by atoms with Gasteiger partial charge in [-0.05, 0) is 36.6 Å². The summed E-state index contributed by atoms with van der Waals surface area (Å²) in [4.78, 5) is 25.3. The van der Waals surface area contributed by atoms with E-state index in [1.54, 1.807) is 17.8 Å². The number of halogens is 1. The van der Waals surface area contributed by atoms with Crippen molar-refractivity contribution in [2.75, 3.05) is 31.4 Å². The largest absolute Gasteiger partial charge is 0.489 e. The van der Waals surface area contributed by atoms with Crippen molar-refractivity contribution >= 4 is 40.9 Å². The van der Waals surface area contributed by atoms with Crippen molar-refractivity contribution in [1.82, 2.24) is 0 Å². The summed E-state index contributed by atoms with van der Waals surface area (Å²) < 4.78 is 16.2. The third-order valence-electron chi connectivity index (χ3n) is 3.73. The van der Waals surface area contributed by atoms with Gasteiger partial charge in [0.05, 0.1) is 23.8 Å². The van der Waals surface area contributed by atoms with E-state index in [1.807, 2.05) is 24.5 Å². The average molecular weight is 408 g/mol. The Kier molecular flexibility index (Phi) is 6.47. The zero-order valence-electron chi connectivity index (χ0n) is 14.6. The van der Waals surface area contributed by atoms with Crippen LogP contribution in [0.3, 0.4) is 0 Å². The first-order valence-electron chi connectivity index (χ1n) is 8.27. The molecule has 3 rings (SSSR count). The first kappa shape index (κ1) is 19.4. The molecule has 0 radical (unpaired) electrons. The Labute approximate surface area is 166 Å². The van der Waals surface area contributed by atoms with Crippen molar-refractivity contribution < 1.29 is 23.8 Å². The van der Waals surface area contributed by atoms with Gasteiger partial charge >= 0.3 is 5.97 Å². The first-order valence-corrected chi connectivity index (χ1v) is 9.87. The van der Waals surface area contributed by atoms with Crippen molar-refractivity contribution in [3.05, 3.63) is 47.0 Å². The topological polar surface area (TPSA) is 73.9 Å². The Morgan fingerprint density at radius 3 is 2.85 bits per heavy atom. The molecule has 0 atom stereocenters. The molecule has 1 amide bonds. The van der Waals surface area contributed by atoms with E-state index < -0.39 is 18.5 Å². The summed E-state index contributed by atoms with van der Waals surface area (Å²) in [6, 6.07) is 10.3. The van der Waals surface area contributed by atoms with Gasteiger partial charge in [0.1, 0.15) is 0 Å². The molecule has 1 N–H and O–H groups in total. The van der Waals surface area contributed by atoms with Crippen molar-refractivity contribution in [2.45, 2.75) is 11.3 Å². The molecule has 0 spiro atoms. The highest BCUT2D eigenvalue weighted by Gasteiger charge is 2.19. The molecular weight excluding hydrogens is 390 g/mol. The Morgan fingerprint density at radius 2 is 2.04 bits per heavy atom. The van der Waals surface area contributed by atoms with E-state index in [0.29, 0.717) is 30.4 Å². The lowest BCUT2D eigenvalue weighted by Crippen LogP contribution is -2.21. The number of thioether (sulfide) groups is 1. The second kappa shape index (κ2) is 9.01. The van der Waals surface area contributed by atoms with E-state index in [1.165, 1.54) is 12.1 Å². The summed E-state index contributed by atoms with van der Waals surface area (Å²) in [6.07, 6.45) is 2.67. The van der Waals surface area contributed by atoms with Gasteiger partial charge in [-0.1, -0.05) is 17.7 Å². The molecule has 0 bridgehead atoms. The third kappa shape index (κ3) is 5.08. The molecule has 0 unspecified atom stereocenters. The van der Waals surface area contributed by atoms with Crippen LogP contribution in [0.25, 0.3) is 0 Å². The normalized spacial score (nSPS) is 12.8. The van der Waals surface area contributed by atoms with Crippen LogP contribution in [-0.2, 0) is 9.53 Å². The second-order valence-corrected chi connectivity index (χ2v) is 6.98. The number of esters is 1. The number of ether oxygens (including phenoxy) is 3. The molecule has 8 heteroatoms. The smallest absolute Gasteiger partial charge is 0.338 e. The maximum atomic E-state index is 12.3. The standard InChI is InChI=1S/C19H18ClNO5S/c1-27-14-5-2-4-13(10-14)21-17(22)11-26-19(23)12-8-15(20)18-16(9-12)24-6-3-7-25-18/h2,4-5,8-10H,3,6-7,11H2,1H3,(H,21,22). The van der Waals surface area contributed by atoms with Gasteiger partial charge in [-0.3, -0.25) is 4.79 Å². The molecule has 0 aliphatic carbocycles. The number of rotatable bonds is 5. The Morgan fingerprint density at radius 1 is 1.22 bits per heavy atom. The predicted octanol–water partition coefficient (Wildman–Crippen LogP) is 4.02. The maximum Gasteiger partial charge on any atom is 0.338 e. The molecule has 1 aliphatic heterocycles. The Bertz CT molecular complexity index is 858. The van der Waals surface area contributed by atoms with Crippen LogP contribution in [-0.4, -0.2) is 38.0 Å². The fourth-order valence-corrected chi connectivity index (χ4v) is 3.19. The molecule has 2 aromatic rings. The Balaban J connectivity index is 1.61. The van der Waals surface area contributed by atoms with Gasteiger partial charge in [0.15, 0.2) is 18.1 Å². The summed E-state index contributed by atoms with van der Waals surface area (Å²) in [6.45, 7) is 0.558. The lowest BCUT2D eigenvalue weighted by atomic mass is 10.2. The van der Waals surface area contributed by atoms with Gasteiger partial charge < -0.3 is 19.5 Å². The van der Waals surface area contributed by atoms with E-state index in [9.17, 15) is 9.59 Å². The number of anilines is 1. The van der Waals surface area contributed by atoms with Gasteiger partial charge in [-0.15, -0.1) is 11.8 Å². The number of hydrogen-bond acceptors (Lipinski definition) is 6. The maximum absolute atomic E-state index is 12.3. The van der Waals surface area contributed by atoms with Crippen molar-refractivity contribution in [3.63, 3.8) is 0 Å². The van der Waals surface area contributed by atoms with Crippen LogP contribution in [0.5, 0.6) is 11.5 Å². The van der Waals surface area contributed by atoms with E-state index >= 15 is 0 Å². The molecule has 0 aromatic heterocycles. The molecule has 6 nitrogen and oxygen atoms in total. The number of fused-ring (bicyclic) bond motifs is 1.